The van der Waals surface area contributed by atoms with Crippen LogP contribution >= 0.6 is 37.2 Å². The largest absolute Gasteiger partial charge is 0.476 e. The molecule has 1 aliphatic rings. The predicted octanol–water partition coefficient (Wildman–Crippen LogP) is 3.64. The molecule has 0 saturated carbocycles. The van der Waals surface area contributed by atoms with Gasteiger partial charge < -0.3 is 19.7 Å². The molecule has 0 amide bonds. The average Bonchev–Trinajstić information content (AvgIpc) is 2.86. The predicted molar refractivity (Wildman–Crippen MR) is 109 cm³/mol. The minimum atomic E-state index is -1.43. The van der Waals surface area contributed by atoms with Crippen LogP contribution in [0, 0.1) is 0 Å². The minimum absolute atomic E-state index is 0. The smallest absolute Gasteiger partial charge is 0.368 e. The summed E-state index contributed by atoms with van der Waals surface area (Å²) < 4.78 is 4.45. The zero-order chi connectivity index (χ0) is 18.7. The first-order valence-electron chi connectivity index (χ1n) is 6.77. The highest BCUT2D eigenvalue weighted by Gasteiger charge is 2.22. The Bertz CT molecular complexity index is 371. The van der Waals surface area contributed by atoms with Crippen molar-refractivity contribution in [3.05, 3.63) is 11.6 Å². The van der Waals surface area contributed by atoms with E-state index in [2.05, 4.69) is 48.9 Å². The highest BCUT2D eigenvalue weighted by Crippen LogP contribution is 2.17. The summed E-state index contributed by atoms with van der Waals surface area (Å²) in [5.74, 6) is -1.86. The zero-order valence-corrected chi connectivity index (χ0v) is 17.4. The quantitative estimate of drug-likeness (QED) is 0.164. The van der Waals surface area contributed by atoms with Gasteiger partial charge in [-0.05, 0) is 12.8 Å². The molecule has 0 aromatic carbocycles. The van der Waals surface area contributed by atoms with Crippen molar-refractivity contribution in [2.45, 2.75) is 59.7 Å². The van der Waals surface area contributed by atoms with Gasteiger partial charge in [-0.1, -0.05) is 34.1 Å². The summed E-state index contributed by atoms with van der Waals surface area (Å²) in [6.45, 7) is 4.06. The molecule has 1 heterocycles. The van der Waals surface area contributed by atoms with Gasteiger partial charge in [-0.15, -0.1) is 0 Å². The summed E-state index contributed by atoms with van der Waals surface area (Å²) in [7, 11) is 0. The number of hydrogen-bond donors (Lipinski definition) is 2. The van der Waals surface area contributed by atoms with Gasteiger partial charge in [0.25, 0.3) is 0 Å². The average molecular weight is 572 g/mol. The normalized spacial score (nSPS) is 13.8. The number of unbranched alkanes of at least 4 members (excludes halogenated alkanes) is 2. The van der Waals surface area contributed by atoms with Crippen molar-refractivity contribution in [1.29, 1.82) is 0 Å². The number of aldehydes is 2. The maximum Gasteiger partial charge on any atom is 0.368 e. The van der Waals surface area contributed by atoms with Crippen LogP contribution in [0.5, 0.6) is 0 Å². The molecule has 1 atom stereocenters. The van der Waals surface area contributed by atoms with E-state index < -0.39 is 18.2 Å². The second kappa shape index (κ2) is 24.7. The maximum absolute atomic E-state index is 10.5. The molecule has 7 nitrogen and oxygen atoms in total. The van der Waals surface area contributed by atoms with Crippen LogP contribution in [0.25, 0.3) is 0 Å². The Morgan fingerprint density at radius 3 is 2.00 bits per heavy atom. The number of aliphatic hydroxyl groups excluding tert-OH is 1. The highest BCUT2D eigenvalue weighted by molar-refractivity contribution is 15.0. The second-order valence-electron chi connectivity index (χ2n) is 4.02. The summed E-state index contributed by atoms with van der Waals surface area (Å²) in [6, 6.07) is 0. The number of ether oxygens (including phenoxy) is 1. The van der Waals surface area contributed by atoms with Crippen molar-refractivity contribution >= 4 is 61.7 Å². The lowest BCUT2D eigenvalue weighted by Gasteiger charge is -2.04. The van der Waals surface area contributed by atoms with E-state index in [4.69, 9.17) is 19.8 Å². The highest BCUT2D eigenvalue weighted by atomic mass is 128. The Morgan fingerprint density at radius 2 is 1.79 bits per heavy atom. The number of carboxylic acid groups (broad SMARTS) is 1. The first-order valence-corrected chi connectivity index (χ1v) is 13.1. The van der Waals surface area contributed by atoms with Crippen molar-refractivity contribution in [3.63, 3.8) is 0 Å². The molecular weight excluding hydrogens is 546 g/mol. The molecule has 142 valence electrons. The number of esters is 1. The molecule has 1 aliphatic heterocycles. The van der Waals surface area contributed by atoms with Gasteiger partial charge in [0.1, 0.15) is 6.29 Å². The molecule has 24 heavy (non-hydrogen) atoms. The molecule has 0 fully saturated rings. The van der Waals surface area contributed by atoms with Crippen molar-refractivity contribution < 1.29 is 34.1 Å². The molecule has 1 rings (SSSR count). The number of carbonyl (C=O) groups is 4. The Morgan fingerprint density at radius 1 is 1.29 bits per heavy atom. The topological polar surface area (TPSA) is 118 Å². The van der Waals surface area contributed by atoms with Gasteiger partial charge in [-0.25, -0.2) is 9.59 Å². The monoisotopic (exact) mass is 572 g/mol. The maximum atomic E-state index is 10.5. The van der Waals surface area contributed by atoms with Crippen molar-refractivity contribution in [2.24, 2.45) is 0 Å². The van der Waals surface area contributed by atoms with Crippen LogP contribution in [0.15, 0.2) is 11.6 Å². The fourth-order valence-electron chi connectivity index (χ4n) is 1.21. The molecule has 0 aromatic rings. The minimum Gasteiger partial charge on any atom is -0.476 e. The van der Waals surface area contributed by atoms with Crippen LogP contribution in [0.4, 0.5) is 0 Å². The van der Waals surface area contributed by atoms with Crippen molar-refractivity contribution in [2.75, 3.05) is 0 Å². The number of cyclic esters (lactones) is 1. The van der Waals surface area contributed by atoms with Crippen LogP contribution in [-0.2, 0) is 23.9 Å². The summed E-state index contributed by atoms with van der Waals surface area (Å²) >= 11 is 4.24. The number of halogens is 2. The molecule has 0 aromatic heterocycles. The van der Waals surface area contributed by atoms with E-state index in [1.807, 2.05) is 6.92 Å². The van der Waals surface area contributed by atoms with Crippen LogP contribution in [0.2, 0.25) is 0 Å². The van der Waals surface area contributed by atoms with Crippen molar-refractivity contribution in [1.82, 2.24) is 0 Å². The van der Waals surface area contributed by atoms with E-state index in [0.717, 1.165) is 38.4 Å². The molecule has 1 unspecified atom stereocenters. The number of aliphatic hydroxyl groups is 1. The van der Waals surface area contributed by atoms with E-state index in [9.17, 15) is 9.59 Å². The lowest BCUT2D eigenvalue weighted by molar-refractivity contribution is -0.151. The molecule has 0 radical (unpaired) electrons. The molecule has 0 aliphatic carbocycles. The lowest BCUT2D eigenvalue weighted by Crippen LogP contribution is -2.09. The van der Waals surface area contributed by atoms with Gasteiger partial charge >= 0.3 is 11.9 Å². The van der Waals surface area contributed by atoms with E-state index in [0.29, 0.717) is 5.57 Å². The van der Waals surface area contributed by atoms with E-state index >= 15 is 0 Å². The van der Waals surface area contributed by atoms with E-state index in [1.54, 1.807) is 0 Å². The van der Waals surface area contributed by atoms with Gasteiger partial charge in [-0.3, -0.25) is 4.79 Å². The van der Waals surface area contributed by atoms with Crippen LogP contribution in [-0.4, -0.2) is 41.0 Å². The first-order chi connectivity index (χ1) is 10.9. The summed E-state index contributed by atoms with van der Waals surface area (Å²) in [5, 5.41) is 16.3. The van der Waals surface area contributed by atoms with Gasteiger partial charge in [0.2, 0.25) is 12.6 Å². The molecule has 0 saturated heterocycles. The van der Waals surface area contributed by atoms with Gasteiger partial charge in [-0.2, -0.15) is 0 Å². The standard InChI is InChI=1S/C7H10O3.C5H10O.C2H2O3.CH4.I2/c1-2-3-5-4-6(8)10-7(5)9;1-2-3-4-5-6;3-1-2(4)5;;1-2/h4,7,9H,2-3H2,1H3;5H,2-4H2,1H3;1H,(H,4,5);1H4;. The number of carboxylic acids is 1. The number of aliphatic carboxylic acids is 1. The third-order valence-corrected chi connectivity index (χ3v) is 2.16. The first kappa shape index (κ1) is 31.2. The van der Waals surface area contributed by atoms with Crippen LogP contribution in [0.3, 0.4) is 0 Å². The van der Waals surface area contributed by atoms with Crippen LogP contribution < -0.4 is 0 Å². The van der Waals surface area contributed by atoms with E-state index in [1.165, 1.54) is 6.08 Å². The summed E-state index contributed by atoms with van der Waals surface area (Å²) in [5.41, 5.74) is 0.688. The van der Waals surface area contributed by atoms with E-state index in [-0.39, 0.29) is 13.7 Å². The number of carbonyl (C=O) groups excluding carboxylic acids is 3. The fraction of sp³-hybridized carbons (Fsp3) is 0.600. The van der Waals surface area contributed by atoms with Crippen LogP contribution in [0.1, 0.15) is 53.4 Å². The molecule has 0 spiro atoms. The Hall–Kier alpha value is -0.560. The van der Waals surface area contributed by atoms with Crippen molar-refractivity contribution in [3.8, 4) is 0 Å². The number of rotatable bonds is 6. The second-order valence-corrected chi connectivity index (χ2v) is 4.02. The number of hydrogen-bond acceptors (Lipinski definition) is 6. The summed E-state index contributed by atoms with van der Waals surface area (Å²) in [6.07, 6.45) is 5.72. The Labute approximate surface area is 166 Å². The summed E-state index contributed by atoms with van der Waals surface area (Å²) in [4.78, 5) is 37.9. The molecular formula is C15H26I2O7. The third kappa shape index (κ3) is 23.7. The fourth-order valence-corrected chi connectivity index (χ4v) is 1.21. The molecule has 0 bridgehead atoms. The Balaban J connectivity index is -0.000000125. The van der Waals surface area contributed by atoms with Gasteiger partial charge in [0.05, 0.1) is 0 Å². The lowest BCUT2D eigenvalue weighted by atomic mass is 10.1. The molecule has 9 heteroatoms. The third-order valence-electron chi connectivity index (χ3n) is 2.16. The molecule has 2 N–H and O–H groups in total. The zero-order valence-electron chi connectivity index (χ0n) is 13.0. The Kier molecular flexibility index (Phi) is 32.1. The van der Waals surface area contributed by atoms with Gasteiger partial charge in [0.15, 0.2) is 0 Å². The van der Waals surface area contributed by atoms with Gasteiger partial charge in [0, 0.05) is 55.3 Å². The SMILES string of the molecule is C.CCCC1=CC(=O)OC1O.CCCCC=O.II.O=CC(=O)O.